The van der Waals surface area contributed by atoms with Crippen LogP contribution in [0.25, 0.3) is 0 Å². The summed E-state index contributed by atoms with van der Waals surface area (Å²) in [5, 5.41) is 0. The second-order valence-corrected chi connectivity index (χ2v) is 3.36. The molecule has 1 aromatic carbocycles. The van der Waals surface area contributed by atoms with E-state index >= 15 is 0 Å². The van der Waals surface area contributed by atoms with Crippen molar-refractivity contribution in [2.24, 2.45) is 10.9 Å². The topological polar surface area (TPSA) is 12.4 Å². The van der Waals surface area contributed by atoms with Gasteiger partial charge in [0.25, 0.3) is 0 Å². The van der Waals surface area contributed by atoms with Gasteiger partial charge in [0.15, 0.2) is 0 Å². The lowest BCUT2D eigenvalue weighted by Crippen LogP contribution is -1.83. The van der Waals surface area contributed by atoms with Crippen LogP contribution in [0.4, 0.5) is 0 Å². The van der Waals surface area contributed by atoms with Crippen molar-refractivity contribution >= 4 is 6.21 Å². The summed E-state index contributed by atoms with van der Waals surface area (Å²) in [6.45, 7) is 4.74. The van der Waals surface area contributed by atoms with E-state index < -0.39 is 0 Å². The standard InChI is InChI=1S/C13H15N/c1-12(2)7-6-10-14-11-13-8-4-3-5-9-13/h3-5,8-9,11-12H,10H2,1-2H3. The SMILES string of the molecule is CC(C)C#CCN=Cc1ccccc1. The quantitative estimate of drug-likeness (QED) is 0.496. The highest BCUT2D eigenvalue weighted by Gasteiger charge is 1.82. The molecule has 0 saturated carbocycles. The Morgan fingerprint density at radius 2 is 2.00 bits per heavy atom. The third kappa shape index (κ3) is 4.47. The molecule has 0 radical (unpaired) electrons. The van der Waals surface area contributed by atoms with E-state index in [0.29, 0.717) is 12.5 Å². The predicted molar refractivity (Wildman–Crippen MR) is 61.5 cm³/mol. The van der Waals surface area contributed by atoms with Crippen molar-refractivity contribution in [2.75, 3.05) is 6.54 Å². The first-order chi connectivity index (χ1) is 6.79. The van der Waals surface area contributed by atoms with E-state index in [1.54, 1.807) is 0 Å². The molecule has 0 aliphatic heterocycles. The maximum Gasteiger partial charge on any atom is 0.0997 e. The lowest BCUT2D eigenvalue weighted by atomic mass is 10.2. The van der Waals surface area contributed by atoms with Gasteiger partial charge in [0.2, 0.25) is 0 Å². The highest BCUT2D eigenvalue weighted by Crippen LogP contribution is 1.93. The van der Waals surface area contributed by atoms with Crippen LogP contribution in [0.15, 0.2) is 35.3 Å². The van der Waals surface area contributed by atoms with Gasteiger partial charge in [-0.2, -0.15) is 0 Å². The number of benzene rings is 1. The van der Waals surface area contributed by atoms with Crippen molar-refractivity contribution in [3.05, 3.63) is 35.9 Å². The fraction of sp³-hybridized carbons (Fsp3) is 0.308. The second-order valence-electron chi connectivity index (χ2n) is 3.36. The molecular formula is C13H15N. The van der Waals surface area contributed by atoms with Crippen LogP contribution in [0.5, 0.6) is 0 Å². The third-order valence-electron chi connectivity index (χ3n) is 1.60. The minimum absolute atomic E-state index is 0.432. The lowest BCUT2D eigenvalue weighted by Gasteiger charge is -1.89. The van der Waals surface area contributed by atoms with Crippen LogP contribution in [0.1, 0.15) is 19.4 Å². The maximum atomic E-state index is 4.21. The van der Waals surface area contributed by atoms with Crippen molar-refractivity contribution in [3.8, 4) is 11.8 Å². The summed E-state index contributed by atoms with van der Waals surface area (Å²) >= 11 is 0. The minimum Gasteiger partial charge on any atom is -0.280 e. The van der Waals surface area contributed by atoms with Crippen LogP contribution in [0.3, 0.4) is 0 Å². The Bertz CT molecular complexity index is 338. The van der Waals surface area contributed by atoms with Gasteiger partial charge >= 0.3 is 0 Å². The summed E-state index contributed by atoms with van der Waals surface area (Å²) < 4.78 is 0. The Kier molecular flexibility index (Phi) is 4.50. The molecule has 0 aliphatic rings. The summed E-state index contributed by atoms with van der Waals surface area (Å²) in [6, 6.07) is 10.1. The Morgan fingerprint density at radius 3 is 2.64 bits per heavy atom. The summed E-state index contributed by atoms with van der Waals surface area (Å²) in [4.78, 5) is 4.21. The number of aliphatic imine (C=N–C) groups is 1. The third-order valence-corrected chi connectivity index (χ3v) is 1.60. The van der Waals surface area contributed by atoms with Crippen molar-refractivity contribution < 1.29 is 0 Å². The minimum atomic E-state index is 0.432. The van der Waals surface area contributed by atoms with E-state index in [9.17, 15) is 0 Å². The van der Waals surface area contributed by atoms with Gasteiger partial charge in [-0.3, -0.25) is 4.99 Å². The predicted octanol–water partition coefficient (Wildman–Crippen LogP) is 2.76. The molecule has 0 aromatic heterocycles. The highest BCUT2D eigenvalue weighted by molar-refractivity contribution is 5.79. The van der Waals surface area contributed by atoms with E-state index in [1.807, 2.05) is 36.5 Å². The van der Waals surface area contributed by atoms with Gasteiger partial charge in [-0.05, 0) is 5.56 Å². The number of rotatable bonds is 2. The summed E-state index contributed by atoms with van der Waals surface area (Å²) in [5.41, 5.74) is 1.12. The summed E-state index contributed by atoms with van der Waals surface area (Å²) in [5.74, 6) is 6.51. The Balaban J connectivity index is 2.40. The molecule has 1 rings (SSSR count). The molecule has 1 aromatic rings. The highest BCUT2D eigenvalue weighted by atomic mass is 14.7. The zero-order chi connectivity index (χ0) is 10.2. The van der Waals surface area contributed by atoms with E-state index in [4.69, 9.17) is 0 Å². The fourth-order valence-corrected chi connectivity index (χ4v) is 0.986. The van der Waals surface area contributed by atoms with Crippen molar-refractivity contribution in [2.45, 2.75) is 13.8 Å². The molecule has 0 unspecified atom stereocenters. The molecule has 0 N–H and O–H groups in total. The van der Waals surface area contributed by atoms with E-state index in [2.05, 4.69) is 30.7 Å². The molecule has 14 heavy (non-hydrogen) atoms. The Hall–Kier alpha value is -1.55. The molecule has 0 spiro atoms. The Labute approximate surface area is 85.9 Å². The Morgan fingerprint density at radius 1 is 1.29 bits per heavy atom. The smallest absolute Gasteiger partial charge is 0.0997 e. The van der Waals surface area contributed by atoms with Crippen LogP contribution < -0.4 is 0 Å². The average Bonchev–Trinajstić information content (AvgIpc) is 2.18. The van der Waals surface area contributed by atoms with Crippen LogP contribution in [0, 0.1) is 17.8 Å². The largest absolute Gasteiger partial charge is 0.280 e. The van der Waals surface area contributed by atoms with Gasteiger partial charge in [0.1, 0.15) is 0 Å². The zero-order valence-corrected chi connectivity index (χ0v) is 8.70. The van der Waals surface area contributed by atoms with Crippen molar-refractivity contribution in [3.63, 3.8) is 0 Å². The van der Waals surface area contributed by atoms with Crippen LogP contribution >= 0.6 is 0 Å². The molecular weight excluding hydrogens is 170 g/mol. The number of hydrogen-bond acceptors (Lipinski definition) is 1. The van der Waals surface area contributed by atoms with Crippen LogP contribution in [0.2, 0.25) is 0 Å². The maximum absolute atomic E-state index is 4.21. The van der Waals surface area contributed by atoms with Crippen molar-refractivity contribution in [1.82, 2.24) is 0 Å². The monoisotopic (exact) mass is 185 g/mol. The number of nitrogens with zero attached hydrogens (tertiary/aromatic N) is 1. The lowest BCUT2D eigenvalue weighted by molar-refractivity contribution is 0.865. The van der Waals surface area contributed by atoms with Gasteiger partial charge in [0.05, 0.1) is 6.54 Å². The summed E-state index contributed by atoms with van der Waals surface area (Å²) in [7, 11) is 0. The van der Waals surface area contributed by atoms with E-state index in [-0.39, 0.29) is 0 Å². The van der Waals surface area contributed by atoms with Crippen molar-refractivity contribution in [1.29, 1.82) is 0 Å². The van der Waals surface area contributed by atoms with Gasteiger partial charge < -0.3 is 0 Å². The molecule has 1 nitrogen and oxygen atoms in total. The molecule has 0 bridgehead atoms. The van der Waals surface area contributed by atoms with Crippen LogP contribution in [-0.2, 0) is 0 Å². The molecule has 1 heteroatoms. The first-order valence-corrected chi connectivity index (χ1v) is 4.82. The van der Waals surface area contributed by atoms with Gasteiger partial charge in [-0.1, -0.05) is 56.0 Å². The van der Waals surface area contributed by atoms with E-state index in [1.165, 1.54) is 0 Å². The molecule has 0 atom stereocenters. The molecule has 0 heterocycles. The van der Waals surface area contributed by atoms with Gasteiger partial charge in [-0.15, -0.1) is 0 Å². The van der Waals surface area contributed by atoms with E-state index in [0.717, 1.165) is 5.56 Å². The fourth-order valence-electron chi connectivity index (χ4n) is 0.986. The van der Waals surface area contributed by atoms with Gasteiger partial charge in [0, 0.05) is 12.1 Å². The molecule has 0 aliphatic carbocycles. The molecule has 72 valence electrons. The molecule has 0 fully saturated rings. The molecule has 0 amide bonds. The van der Waals surface area contributed by atoms with Gasteiger partial charge in [-0.25, -0.2) is 0 Å². The first kappa shape index (κ1) is 10.5. The van der Waals surface area contributed by atoms with Crippen LogP contribution in [-0.4, -0.2) is 12.8 Å². The summed E-state index contributed by atoms with van der Waals surface area (Å²) in [6.07, 6.45) is 1.86. The normalized spacial score (nSPS) is 10.2. The second kappa shape index (κ2) is 5.99. The molecule has 0 saturated heterocycles. The average molecular weight is 185 g/mol. The zero-order valence-electron chi connectivity index (χ0n) is 8.70. The number of hydrogen-bond donors (Lipinski definition) is 0. The first-order valence-electron chi connectivity index (χ1n) is 4.82.